The van der Waals surface area contributed by atoms with Crippen LogP contribution in [0.4, 0.5) is 5.69 Å². The number of ether oxygens (including phenoxy) is 1. The highest BCUT2D eigenvalue weighted by Gasteiger charge is 2.25. The molecule has 0 heterocycles. The van der Waals surface area contributed by atoms with Crippen LogP contribution < -0.4 is 5.32 Å². The Morgan fingerprint density at radius 1 is 1.48 bits per heavy atom. The summed E-state index contributed by atoms with van der Waals surface area (Å²) in [6, 6.07) is 3.50. The molecule has 0 aromatic heterocycles. The molecule has 0 unspecified atom stereocenters. The SMILES string of the molecule is CO[C@@H](CNC(=O)c1ccc(O)c([N+](=O)[O-])c1)C(C)(C)C. The number of nitrogens with one attached hydrogen (secondary N) is 1. The number of phenolic OH excluding ortho intramolecular Hbond substituents is 1. The summed E-state index contributed by atoms with van der Waals surface area (Å²) in [5, 5.41) is 22.8. The van der Waals surface area contributed by atoms with E-state index < -0.39 is 22.3 Å². The van der Waals surface area contributed by atoms with E-state index in [4.69, 9.17) is 4.74 Å². The summed E-state index contributed by atoms with van der Waals surface area (Å²) < 4.78 is 5.32. The van der Waals surface area contributed by atoms with Gasteiger partial charge in [-0.2, -0.15) is 0 Å². The lowest BCUT2D eigenvalue weighted by molar-refractivity contribution is -0.385. The highest BCUT2D eigenvalue weighted by molar-refractivity contribution is 5.95. The maximum absolute atomic E-state index is 12.0. The van der Waals surface area contributed by atoms with Gasteiger partial charge in [-0.25, -0.2) is 0 Å². The molecule has 0 bridgehead atoms. The molecule has 0 fully saturated rings. The summed E-state index contributed by atoms with van der Waals surface area (Å²) in [5.41, 5.74) is -0.534. The number of nitro groups is 1. The molecule has 1 rings (SSSR count). The van der Waals surface area contributed by atoms with Gasteiger partial charge in [-0.15, -0.1) is 0 Å². The van der Waals surface area contributed by atoms with Crippen molar-refractivity contribution in [3.8, 4) is 5.75 Å². The summed E-state index contributed by atoms with van der Waals surface area (Å²) in [6.07, 6.45) is -0.187. The first-order valence-corrected chi connectivity index (χ1v) is 6.45. The van der Waals surface area contributed by atoms with Gasteiger partial charge in [-0.1, -0.05) is 20.8 Å². The van der Waals surface area contributed by atoms with Crippen molar-refractivity contribution in [1.82, 2.24) is 5.32 Å². The van der Waals surface area contributed by atoms with E-state index in [-0.39, 0.29) is 23.6 Å². The number of hydrogen-bond acceptors (Lipinski definition) is 5. The third-order valence-corrected chi connectivity index (χ3v) is 3.13. The monoisotopic (exact) mass is 296 g/mol. The van der Waals surface area contributed by atoms with E-state index in [9.17, 15) is 20.0 Å². The zero-order chi connectivity index (χ0) is 16.2. The highest BCUT2D eigenvalue weighted by Crippen LogP contribution is 2.26. The number of nitrogens with zero attached hydrogens (tertiary/aromatic N) is 1. The molecule has 1 aromatic rings. The van der Waals surface area contributed by atoms with Crippen molar-refractivity contribution < 1.29 is 19.6 Å². The van der Waals surface area contributed by atoms with E-state index in [0.29, 0.717) is 0 Å². The van der Waals surface area contributed by atoms with Crippen molar-refractivity contribution in [2.75, 3.05) is 13.7 Å². The van der Waals surface area contributed by atoms with E-state index in [1.165, 1.54) is 6.07 Å². The average Bonchev–Trinajstić information content (AvgIpc) is 2.37. The standard InChI is InChI=1S/C14H20N2O5/c1-14(2,3)12(21-4)8-15-13(18)9-5-6-11(17)10(7-9)16(19)20/h5-7,12,17H,8H2,1-4H3,(H,15,18)/t12-/m0/s1. The van der Waals surface area contributed by atoms with E-state index >= 15 is 0 Å². The quantitative estimate of drug-likeness (QED) is 0.640. The van der Waals surface area contributed by atoms with Crippen LogP contribution in [0, 0.1) is 15.5 Å². The fourth-order valence-electron chi connectivity index (χ4n) is 1.84. The van der Waals surface area contributed by atoms with Crippen LogP contribution >= 0.6 is 0 Å². The van der Waals surface area contributed by atoms with E-state index in [1.54, 1.807) is 7.11 Å². The van der Waals surface area contributed by atoms with Gasteiger partial charge in [0.05, 0.1) is 11.0 Å². The summed E-state index contributed by atoms with van der Waals surface area (Å²) in [7, 11) is 1.56. The van der Waals surface area contributed by atoms with Crippen molar-refractivity contribution >= 4 is 11.6 Å². The third-order valence-electron chi connectivity index (χ3n) is 3.13. The van der Waals surface area contributed by atoms with Crippen molar-refractivity contribution in [3.05, 3.63) is 33.9 Å². The molecule has 0 aliphatic carbocycles. The van der Waals surface area contributed by atoms with Crippen LogP contribution in [-0.4, -0.2) is 35.7 Å². The Hall–Kier alpha value is -2.15. The molecule has 1 aromatic carbocycles. The molecule has 2 N–H and O–H groups in total. The Kier molecular flexibility index (Phi) is 5.26. The number of methoxy groups -OCH3 is 1. The van der Waals surface area contributed by atoms with Crippen LogP contribution in [0.25, 0.3) is 0 Å². The molecule has 116 valence electrons. The van der Waals surface area contributed by atoms with Crippen molar-refractivity contribution in [1.29, 1.82) is 0 Å². The Morgan fingerprint density at radius 2 is 2.10 bits per heavy atom. The fraction of sp³-hybridized carbons (Fsp3) is 0.500. The molecule has 0 saturated carbocycles. The molecule has 0 aliphatic heterocycles. The molecule has 7 heteroatoms. The number of amides is 1. The van der Waals surface area contributed by atoms with E-state index in [1.807, 2.05) is 20.8 Å². The molecule has 21 heavy (non-hydrogen) atoms. The number of carbonyl (C=O) groups excluding carboxylic acids is 1. The number of hydrogen-bond donors (Lipinski definition) is 2. The van der Waals surface area contributed by atoms with Gasteiger partial charge in [-0.05, 0) is 17.5 Å². The summed E-state index contributed by atoms with van der Waals surface area (Å²) in [5.74, 6) is -0.926. The minimum Gasteiger partial charge on any atom is -0.502 e. The van der Waals surface area contributed by atoms with Crippen LogP contribution in [0.5, 0.6) is 5.75 Å². The van der Waals surface area contributed by atoms with Crippen molar-refractivity contribution in [2.45, 2.75) is 26.9 Å². The van der Waals surface area contributed by atoms with Gasteiger partial charge in [0, 0.05) is 25.3 Å². The van der Waals surface area contributed by atoms with Gasteiger partial charge in [0.25, 0.3) is 5.91 Å². The van der Waals surface area contributed by atoms with Crippen LogP contribution in [-0.2, 0) is 4.74 Å². The van der Waals surface area contributed by atoms with Crippen LogP contribution in [0.15, 0.2) is 18.2 Å². The van der Waals surface area contributed by atoms with Gasteiger partial charge < -0.3 is 15.2 Å². The summed E-state index contributed by atoms with van der Waals surface area (Å²) in [6.45, 7) is 6.24. The zero-order valence-corrected chi connectivity index (χ0v) is 12.5. The molecule has 1 atom stereocenters. The van der Waals surface area contributed by atoms with Crippen LogP contribution in [0.1, 0.15) is 31.1 Å². The second-order valence-electron chi connectivity index (χ2n) is 5.76. The Bertz CT molecular complexity index is 537. The topological polar surface area (TPSA) is 102 Å². The first-order valence-electron chi connectivity index (χ1n) is 6.45. The first-order chi connectivity index (χ1) is 9.66. The third kappa shape index (κ3) is 4.42. The lowest BCUT2D eigenvalue weighted by Crippen LogP contribution is -2.40. The molecule has 0 saturated heterocycles. The minimum absolute atomic E-state index is 0.114. The lowest BCUT2D eigenvalue weighted by Gasteiger charge is -2.29. The second kappa shape index (κ2) is 6.53. The summed E-state index contributed by atoms with van der Waals surface area (Å²) >= 11 is 0. The normalized spacial score (nSPS) is 12.8. The Balaban J connectivity index is 2.81. The Labute approximate surface area is 123 Å². The maximum Gasteiger partial charge on any atom is 0.311 e. The van der Waals surface area contributed by atoms with Crippen LogP contribution in [0.3, 0.4) is 0 Å². The first kappa shape index (κ1) is 16.9. The molecule has 0 radical (unpaired) electrons. The predicted octanol–water partition coefficient (Wildman–Crippen LogP) is 2.09. The molecule has 7 nitrogen and oxygen atoms in total. The van der Waals surface area contributed by atoms with Gasteiger partial charge in [0.2, 0.25) is 0 Å². The fourth-order valence-corrected chi connectivity index (χ4v) is 1.84. The van der Waals surface area contributed by atoms with Gasteiger partial charge >= 0.3 is 5.69 Å². The highest BCUT2D eigenvalue weighted by atomic mass is 16.6. The van der Waals surface area contributed by atoms with Crippen molar-refractivity contribution in [3.63, 3.8) is 0 Å². The number of carbonyl (C=O) groups is 1. The molecule has 1 amide bonds. The number of benzene rings is 1. The van der Waals surface area contributed by atoms with Gasteiger partial charge in [0.15, 0.2) is 5.75 Å². The lowest BCUT2D eigenvalue weighted by atomic mass is 9.89. The zero-order valence-electron chi connectivity index (χ0n) is 12.5. The number of aromatic hydroxyl groups is 1. The predicted molar refractivity (Wildman–Crippen MR) is 77.3 cm³/mol. The minimum atomic E-state index is -0.737. The molecule has 0 aliphatic rings. The number of nitro benzene ring substituents is 1. The second-order valence-corrected chi connectivity index (χ2v) is 5.76. The van der Waals surface area contributed by atoms with Gasteiger partial charge in [0.1, 0.15) is 0 Å². The smallest absolute Gasteiger partial charge is 0.311 e. The number of phenols is 1. The van der Waals surface area contributed by atoms with Crippen molar-refractivity contribution in [2.24, 2.45) is 5.41 Å². The summed E-state index contributed by atoms with van der Waals surface area (Å²) in [4.78, 5) is 22.0. The van der Waals surface area contributed by atoms with E-state index in [2.05, 4.69) is 5.32 Å². The number of rotatable bonds is 5. The molecular formula is C14H20N2O5. The van der Waals surface area contributed by atoms with Gasteiger partial charge in [-0.3, -0.25) is 14.9 Å². The van der Waals surface area contributed by atoms with E-state index in [0.717, 1.165) is 12.1 Å². The molecule has 0 spiro atoms. The molecular weight excluding hydrogens is 276 g/mol. The average molecular weight is 296 g/mol. The largest absolute Gasteiger partial charge is 0.502 e. The Morgan fingerprint density at radius 3 is 2.57 bits per heavy atom. The maximum atomic E-state index is 12.0. The van der Waals surface area contributed by atoms with Crippen LogP contribution in [0.2, 0.25) is 0 Å².